The van der Waals surface area contributed by atoms with E-state index < -0.39 is 58.4 Å². The molecule has 186 valence electrons. The van der Waals surface area contributed by atoms with Gasteiger partial charge in [-0.1, -0.05) is 0 Å². The molecule has 0 unspecified atom stereocenters. The molecule has 1 amide bonds. The predicted molar refractivity (Wildman–Crippen MR) is 111 cm³/mol. The zero-order valence-corrected chi connectivity index (χ0v) is 18.8. The molecular weight excluding hydrogens is 557 g/mol. The summed E-state index contributed by atoms with van der Waals surface area (Å²) in [4.78, 5) is 16.8. The Morgan fingerprint density at radius 3 is 2.26 bits per heavy atom. The van der Waals surface area contributed by atoms with E-state index in [1.807, 2.05) is 0 Å². The zero-order valence-electron chi connectivity index (χ0n) is 17.2. The highest BCUT2D eigenvalue weighted by Crippen LogP contribution is 2.40. The van der Waals surface area contributed by atoms with Crippen LogP contribution in [0.4, 0.5) is 36.4 Å². The fourth-order valence-corrected chi connectivity index (χ4v) is 3.22. The summed E-state index contributed by atoms with van der Waals surface area (Å²) in [7, 11) is 0. The van der Waals surface area contributed by atoms with Gasteiger partial charge in [0.05, 0.1) is 16.9 Å². The van der Waals surface area contributed by atoms with Crippen LogP contribution in [0.2, 0.25) is 0 Å². The van der Waals surface area contributed by atoms with E-state index in [0.29, 0.717) is 22.8 Å². The first-order valence-electron chi connectivity index (χ1n) is 9.26. The number of carbonyl (C=O) groups is 1. The molecular formula is C21H12BrF7N2O4. The van der Waals surface area contributed by atoms with Gasteiger partial charge in [-0.3, -0.25) is 4.79 Å². The smallest absolute Gasteiger partial charge is 0.504 e. The largest absolute Gasteiger partial charge is 0.573 e. The zero-order chi connectivity index (χ0) is 26.1. The highest BCUT2D eigenvalue weighted by molar-refractivity contribution is 9.10. The number of pyridine rings is 1. The number of anilines is 1. The van der Waals surface area contributed by atoms with E-state index in [-0.39, 0.29) is 11.4 Å². The summed E-state index contributed by atoms with van der Waals surface area (Å²) in [5.41, 5.74) is -2.63. The van der Waals surface area contributed by atoms with Gasteiger partial charge < -0.3 is 19.9 Å². The van der Waals surface area contributed by atoms with Crippen LogP contribution in [0.25, 0.3) is 0 Å². The number of phenols is 1. The molecule has 0 bridgehead atoms. The van der Waals surface area contributed by atoms with Crippen LogP contribution >= 0.6 is 15.9 Å². The first-order valence-corrected chi connectivity index (χ1v) is 10.1. The minimum atomic E-state index is -5.16. The molecule has 0 atom stereocenters. The average Bonchev–Trinajstić information content (AvgIpc) is 2.70. The van der Waals surface area contributed by atoms with Crippen molar-refractivity contribution in [3.63, 3.8) is 0 Å². The molecule has 6 nitrogen and oxygen atoms in total. The lowest BCUT2D eigenvalue weighted by Crippen LogP contribution is -2.19. The summed E-state index contributed by atoms with van der Waals surface area (Å²) in [6.45, 7) is 1.48. The van der Waals surface area contributed by atoms with Crippen LogP contribution in [0.3, 0.4) is 0 Å². The molecule has 1 aromatic heterocycles. The van der Waals surface area contributed by atoms with Crippen LogP contribution in [-0.4, -0.2) is 22.4 Å². The maximum absolute atomic E-state index is 14.9. The van der Waals surface area contributed by atoms with Crippen LogP contribution in [0.1, 0.15) is 21.6 Å². The Labute approximate surface area is 200 Å². The van der Waals surface area contributed by atoms with Gasteiger partial charge >= 0.3 is 12.5 Å². The van der Waals surface area contributed by atoms with E-state index in [1.54, 1.807) is 0 Å². The highest BCUT2D eigenvalue weighted by atomic mass is 79.9. The molecule has 3 rings (SSSR count). The maximum atomic E-state index is 14.9. The average molecular weight is 569 g/mol. The van der Waals surface area contributed by atoms with Crippen molar-refractivity contribution in [1.29, 1.82) is 0 Å². The quantitative estimate of drug-likeness (QED) is 0.257. The third-order valence-electron chi connectivity index (χ3n) is 4.32. The monoisotopic (exact) mass is 568 g/mol. The second-order valence-electron chi connectivity index (χ2n) is 6.80. The fourth-order valence-electron chi connectivity index (χ4n) is 2.82. The first-order chi connectivity index (χ1) is 16.2. The van der Waals surface area contributed by atoms with Crippen LogP contribution < -0.4 is 14.8 Å². The van der Waals surface area contributed by atoms with Crippen molar-refractivity contribution >= 4 is 27.5 Å². The molecule has 1 heterocycles. The van der Waals surface area contributed by atoms with Gasteiger partial charge in [-0.25, -0.2) is 9.37 Å². The summed E-state index contributed by atoms with van der Waals surface area (Å²) in [5.74, 6) is -6.40. The molecule has 14 heteroatoms. The van der Waals surface area contributed by atoms with Crippen molar-refractivity contribution in [1.82, 2.24) is 4.98 Å². The van der Waals surface area contributed by atoms with Gasteiger partial charge in [-0.2, -0.15) is 13.2 Å². The lowest BCUT2D eigenvalue weighted by atomic mass is 10.1. The van der Waals surface area contributed by atoms with Crippen molar-refractivity contribution in [3.05, 3.63) is 69.7 Å². The van der Waals surface area contributed by atoms with E-state index in [1.165, 1.54) is 19.1 Å². The van der Waals surface area contributed by atoms with E-state index in [2.05, 4.69) is 31.0 Å². The number of benzene rings is 2. The molecule has 0 aliphatic heterocycles. The Morgan fingerprint density at radius 1 is 1.03 bits per heavy atom. The highest BCUT2D eigenvalue weighted by Gasteiger charge is 2.38. The first kappa shape index (κ1) is 26.1. The molecule has 0 aliphatic carbocycles. The van der Waals surface area contributed by atoms with Gasteiger partial charge in [0, 0.05) is 6.07 Å². The molecule has 3 aromatic rings. The molecule has 0 spiro atoms. The summed E-state index contributed by atoms with van der Waals surface area (Å²) in [5, 5.41) is 12.2. The number of phenolic OH excluding ortho intramolecular Hbond substituents is 1. The minimum absolute atomic E-state index is 0.0532. The Hall–Kier alpha value is -3.55. The number of aromatic hydroxyl groups is 1. The number of hydrogen-bond acceptors (Lipinski definition) is 5. The molecule has 35 heavy (non-hydrogen) atoms. The van der Waals surface area contributed by atoms with Crippen LogP contribution in [-0.2, 0) is 6.18 Å². The van der Waals surface area contributed by atoms with Crippen LogP contribution in [0.5, 0.6) is 23.0 Å². The number of rotatable bonds is 5. The van der Waals surface area contributed by atoms with Gasteiger partial charge in [-0.05, 0) is 59.3 Å². The molecule has 2 N–H and O–H groups in total. The van der Waals surface area contributed by atoms with Crippen LogP contribution in [0, 0.1) is 12.7 Å². The summed E-state index contributed by atoms with van der Waals surface area (Å²) < 4.78 is 101. The standard InChI is InChI=1S/C21H12BrF7N2O4/c1-9-12(4-7-16(22)30-9)31-19(33)17-15(6-3-11(18(17)23)20(24,25)26)34-14-5-2-10(8-13(14)32)35-21(27,28)29/h2-8,32H,1H3,(H,31,33). The van der Waals surface area contributed by atoms with Crippen molar-refractivity contribution in [2.45, 2.75) is 19.5 Å². The number of aryl methyl sites for hydroxylation is 1. The number of hydrogen-bond donors (Lipinski definition) is 2. The van der Waals surface area contributed by atoms with Gasteiger partial charge in [-0.15, -0.1) is 13.2 Å². The molecule has 0 saturated heterocycles. The van der Waals surface area contributed by atoms with E-state index in [4.69, 9.17) is 4.74 Å². The minimum Gasteiger partial charge on any atom is -0.504 e. The van der Waals surface area contributed by atoms with Crippen molar-refractivity contribution in [3.8, 4) is 23.0 Å². The van der Waals surface area contributed by atoms with Crippen molar-refractivity contribution < 1.29 is 50.1 Å². The Kier molecular flexibility index (Phi) is 7.15. The summed E-state index contributed by atoms with van der Waals surface area (Å²) >= 11 is 3.10. The normalized spacial score (nSPS) is 11.8. The molecule has 0 fully saturated rings. The Bertz CT molecular complexity index is 1280. The number of amides is 1. The number of nitrogens with one attached hydrogen (secondary N) is 1. The molecule has 2 aromatic carbocycles. The lowest BCUT2D eigenvalue weighted by molar-refractivity contribution is -0.274. The topological polar surface area (TPSA) is 80.7 Å². The van der Waals surface area contributed by atoms with E-state index in [0.717, 1.165) is 12.1 Å². The predicted octanol–water partition coefficient (Wildman–Crippen LogP) is 6.96. The number of alkyl halides is 6. The number of ether oxygens (including phenoxy) is 2. The number of aromatic nitrogens is 1. The number of carbonyl (C=O) groups excluding carboxylic acids is 1. The molecule has 0 saturated carbocycles. The van der Waals surface area contributed by atoms with Crippen molar-refractivity contribution in [2.24, 2.45) is 0 Å². The van der Waals surface area contributed by atoms with Crippen molar-refractivity contribution in [2.75, 3.05) is 5.32 Å². The van der Waals surface area contributed by atoms with Crippen LogP contribution in [0.15, 0.2) is 47.1 Å². The Balaban J connectivity index is 2.03. The number of halogens is 8. The van der Waals surface area contributed by atoms with Gasteiger partial charge in [0.15, 0.2) is 17.3 Å². The molecule has 0 radical (unpaired) electrons. The molecule has 0 aliphatic rings. The van der Waals surface area contributed by atoms with E-state index >= 15 is 0 Å². The Morgan fingerprint density at radius 2 is 1.69 bits per heavy atom. The number of nitrogens with zero attached hydrogens (tertiary/aromatic N) is 1. The SMILES string of the molecule is Cc1nc(Br)ccc1NC(=O)c1c(Oc2ccc(OC(F)(F)F)cc2O)ccc(C(F)(F)F)c1F. The van der Waals surface area contributed by atoms with Gasteiger partial charge in [0.25, 0.3) is 5.91 Å². The third kappa shape index (κ3) is 6.32. The second-order valence-corrected chi connectivity index (χ2v) is 7.61. The van der Waals surface area contributed by atoms with Gasteiger partial charge in [0.2, 0.25) is 0 Å². The fraction of sp³-hybridized carbons (Fsp3) is 0.143. The maximum Gasteiger partial charge on any atom is 0.573 e. The summed E-state index contributed by atoms with van der Waals surface area (Å²) in [6, 6.07) is 5.77. The third-order valence-corrected chi connectivity index (χ3v) is 4.76. The summed E-state index contributed by atoms with van der Waals surface area (Å²) in [6.07, 6.45) is -10.2. The van der Waals surface area contributed by atoms with Gasteiger partial charge in [0.1, 0.15) is 21.7 Å². The second kappa shape index (κ2) is 9.60. The van der Waals surface area contributed by atoms with E-state index in [9.17, 15) is 40.6 Å². The lowest BCUT2D eigenvalue weighted by Gasteiger charge is -2.17.